The normalized spacial score (nSPS) is 16.9. The van der Waals surface area contributed by atoms with Gasteiger partial charge in [0.1, 0.15) is 4.71 Å². The Bertz CT molecular complexity index is 200. The van der Waals surface area contributed by atoms with Crippen LogP contribution in [0.15, 0.2) is 0 Å². The van der Waals surface area contributed by atoms with Gasteiger partial charge in [-0.3, -0.25) is 0 Å². The molecule has 0 amide bonds. The molecule has 0 bridgehead atoms. The summed E-state index contributed by atoms with van der Waals surface area (Å²) in [5, 5.41) is 0. The van der Waals surface area contributed by atoms with E-state index in [0.29, 0.717) is 0 Å². The van der Waals surface area contributed by atoms with Gasteiger partial charge in [0.05, 0.1) is 0 Å². The third-order valence-corrected chi connectivity index (χ3v) is 4.14. The van der Waals surface area contributed by atoms with E-state index in [0.717, 1.165) is 6.26 Å². The lowest BCUT2D eigenvalue weighted by molar-refractivity contribution is 0.438. The lowest BCUT2D eigenvalue weighted by Gasteiger charge is -2.22. The predicted molar refractivity (Wildman–Crippen MR) is 43.9 cm³/mol. The zero-order valence-electron chi connectivity index (χ0n) is 6.68. The Kier molecular flexibility index (Phi) is 2.77. The van der Waals surface area contributed by atoms with Gasteiger partial charge in [-0.2, -0.15) is 0 Å². The van der Waals surface area contributed by atoms with Crippen molar-refractivity contribution in [1.82, 2.24) is 0 Å². The molecule has 2 nitrogen and oxygen atoms in total. The second-order valence-electron chi connectivity index (χ2n) is 3.51. The summed E-state index contributed by atoms with van der Waals surface area (Å²) in [4.78, 5) is 0. The van der Waals surface area contributed by atoms with Crippen LogP contribution >= 0.6 is 11.6 Å². The van der Waals surface area contributed by atoms with Crippen molar-refractivity contribution in [3.63, 3.8) is 0 Å². The fourth-order valence-electron chi connectivity index (χ4n) is 0.642. The minimum atomic E-state index is -3.10. The van der Waals surface area contributed by atoms with Crippen LogP contribution in [-0.2, 0) is 9.84 Å². The summed E-state index contributed by atoms with van der Waals surface area (Å²) in [5.74, 6) is 0. The Hall–Kier alpha value is 0.240. The molecule has 0 radical (unpaired) electrons. The molecule has 4 heteroatoms. The smallest absolute Gasteiger partial charge is 0.164 e. The van der Waals surface area contributed by atoms with Crippen LogP contribution in [0, 0.1) is 5.41 Å². The molecule has 0 heterocycles. The van der Waals surface area contributed by atoms with Crippen LogP contribution in [-0.4, -0.2) is 19.4 Å². The number of hydrogen-bond acceptors (Lipinski definition) is 2. The molecule has 62 valence electrons. The molecule has 1 atom stereocenters. The largest absolute Gasteiger partial charge is 0.228 e. The molecule has 0 aliphatic heterocycles. The van der Waals surface area contributed by atoms with Crippen molar-refractivity contribution in [2.75, 3.05) is 6.26 Å². The molecule has 0 aromatic rings. The molecule has 0 aromatic heterocycles. The van der Waals surface area contributed by atoms with E-state index in [4.69, 9.17) is 11.6 Å². The van der Waals surface area contributed by atoms with E-state index in [2.05, 4.69) is 0 Å². The Morgan fingerprint density at radius 3 is 1.60 bits per heavy atom. The molecule has 0 N–H and O–H groups in total. The van der Waals surface area contributed by atoms with Crippen molar-refractivity contribution in [1.29, 1.82) is 0 Å². The molecule has 0 aromatic carbocycles. The van der Waals surface area contributed by atoms with Gasteiger partial charge in [-0.05, 0) is 5.41 Å². The van der Waals surface area contributed by atoms with E-state index in [1.807, 2.05) is 0 Å². The van der Waals surface area contributed by atoms with Gasteiger partial charge in [-0.1, -0.05) is 20.8 Å². The number of hydrogen-bond donors (Lipinski definition) is 0. The van der Waals surface area contributed by atoms with Crippen molar-refractivity contribution in [2.24, 2.45) is 5.41 Å². The second-order valence-corrected chi connectivity index (χ2v) is 6.34. The third kappa shape index (κ3) is 2.88. The van der Waals surface area contributed by atoms with Gasteiger partial charge in [-0.25, -0.2) is 8.42 Å². The van der Waals surface area contributed by atoms with Crippen LogP contribution < -0.4 is 0 Å². The second kappa shape index (κ2) is 2.70. The highest BCUT2D eigenvalue weighted by Crippen LogP contribution is 2.27. The summed E-state index contributed by atoms with van der Waals surface area (Å²) >= 11 is 5.65. The summed E-state index contributed by atoms with van der Waals surface area (Å²) in [7, 11) is -3.10. The highest BCUT2D eigenvalue weighted by Gasteiger charge is 2.30. The minimum Gasteiger partial charge on any atom is -0.228 e. The summed E-state index contributed by atoms with van der Waals surface area (Å²) in [6, 6.07) is 0. The lowest BCUT2D eigenvalue weighted by Crippen LogP contribution is -2.28. The summed E-state index contributed by atoms with van der Waals surface area (Å²) in [6.07, 6.45) is 1.15. The van der Waals surface area contributed by atoms with Crippen LogP contribution in [0.3, 0.4) is 0 Å². The molecule has 0 saturated heterocycles. The maximum Gasteiger partial charge on any atom is 0.164 e. The number of rotatable bonds is 1. The maximum atomic E-state index is 10.8. The molecular formula is C6H13ClO2S. The van der Waals surface area contributed by atoms with Crippen LogP contribution in [0.2, 0.25) is 0 Å². The zero-order chi connectivity index (χ0) is 8.58. The third-order valence-electron chi connectivity index (χ3n) is 1.06. The van der Waals surface area contributed by atoms with Gasteiger partial charge < -0.3 is 0 Å². The summed E-state index contributed by atoms with van der Waals surface area (Å²) in [5.41, 5.74) is -0.380. The molecule has 1 unspecified atom stereocenters. The first-order valence-electron chi connectivity index (χ1n) is 2.98. The van der Waals surface area contributed by atoms with Gasteiger partial charge in [0.2, 0.25) is 0 Å². The highest BCUT2D eigenvalue weighted by molar-refractivity contribution is 7.92. The van der Waals surface area contributed by atoms with Gasteiger partial charge in [0, 0.05) is 6.26 Å². The number of alkyl halides is 1. The lowest BCUT2D eigenvalue weighted by atomic mass is 10.0. The van der Waals surface area contributed by atoms with Gasteiger partial charge in [0.25, 0.3) is 0 Å². The first-order chi connectivity index (χ1) is 4.15. The SMILES string of the molecule is CC(C)(C)C(Cl)S(C)(=O)=O. The fourth-order valence-corrected chi connectivity index (χ4v) is 1.93. The Morgan fingerprint density at radius 1 is 1.30 bits per heavy atom. The first-order valence-corrected chi connectivity index (χ1v) is 5.38. The maximum absolute atomic E-state index is 10.8. The van der Waals surface area contributed by atoms with E-state index in [9.17, 15) is 8.42 Å². The Labute approximate surface area is 67.5 Å². The quantitative estimate of drug-likeness (QED) is 0.581. The van der Waals surface area contributed by atoms with Crippen LogP contribution in [0.4, 0.5) is 0 Å². The first kappa shape index (κ1) is 10.2. The molecule has 10 heavy (non-hydrogen) atoms. The average molecular weight is 185 g/mol. The topological polar surface area (TPSA) is 34.1 Å². The van der Waals surface area contributed by atoms with Crippen molar-refractivity contribution in [3.8, 4) is 0 Å². The molecule has 0 fully saturated rings. The van der Waals surface area contributed by atoms with E-state index in [1.54, 1.807) is 20.8 Å². The van der Waals surface area contributed by atoms with Crippen LogP contribution in [0.1, 0.15) is 20.8 Å². The molecule has 0 aliphatic rings. The van der Waals surface area contributed by atoms with Crippen LogP contribution in [0.25, 0.3) is 0 Å². The van der Waals surface area contributed by atoms with Crippen molar-refractivity contribution in [2.45, 2.75) is 25.5 Å². The Balaban J connectivity index is 4.56. The predicted octanol–water partition coefficient (Wildman–Crippen LogP) is 1.64. The molecule has 0 rings (SSSR count). The zero-order valence-corrected chi connectivity index (χ0v) is 8.25. The van der Waals surface area contributed by atoms with Crippen LogP contribution in [0.5, 0.6) is 0 Å². The fraction of sp³-hybridized carbons (Fsp3) is 1.00. The van der Waals surface area contributed by atoms with Crippen molar-refractivity contribution >= 4 is 21.4 Å². The molecular weight excluding hydrogens is 172 g/mol. The van der Waals surface area contributed by atoms with E-state index < -0.39 is 14.5 Å². The van der Waals surface area contributed by atoms with Gasteiger partial charge >= 0.3 is 0 Å². The standard InChI is InChI=1S/C6H13ClO2S/c1-6(2,3)5(7)10(4,8)9/h5H,1-4H3. The molecule has 0 aliphatic carbocycles. The average Bonchev–Trinajstić information content (AvgIpc) is 1.59. The van der Waals surface area contributed by atoms with Crippen molar-refractivity contribution in [3.05, 3.63) is 0 Å². The van der Waals surface area contributed by atoms with E-state index in [-0.39, 0.29) is 5.41 Å². The summed E-state index contributed by atoms with van der Waals surface area (Å²) in [6.45, 7) is 5.39. The number of halogens is 1. The highest BCUT2D eigenvalue weighted by atomic mass is 35.5. The molecule has 0 saturated carbocycles. The minimum absolute atomic E-state index is 0.380. The van der Waals surface area contributed by atoms with Crippen molar-refractivity contribution < 1.29 is 8.42 Å². The monoisotopic (exact) mass is 184 g/mol. The Morgan fingerprint density at radius 2 is 1.60 bits per heavy atom. The summed E-state index contributed by atoms with van der Waals surface area (Å²) < 4.78 is 20.9. The van der Waals surface area contributed by atoms with Gasteiger partial charge in [0.15, 0.2) is 9.84 Å². The van der Waals surface area contributed by atoms with Gasteiger partial charge in [-0.15, -0.1) is 11.6 Å². The van der Waals surface area contributed by atoms with E-state index in [1.165, 1.54) is 0 Å². The number of sulfone groups is 1. The van der Waals surface area contributed by atoms with E-state index >= 15 is 0 Å². The molecule has 0 spiro atoms.